The summed E-state index contributed by atoms with van der Waals surface area (Å²) in [7, 11) is 1.66. The van der Waals surface area contributed by atoms with E-state index in [1.165, 1.54) is 0 Å². The van der Waals surface area contributed by atoms with Gasteiger partial charge in [0, 0.05) is 30.8 Å². The highest BCUT2D eigenvalue weighted by atomic mass is 32.1. The van der Waals surface area contributed by atoms with Gasteiger partial charge in [0.05, 0.1) is 12.1 Å². The zero-order chi connectivity index (χ0) is 16.9. The van der Waals surface area contributed by atoms with E-state index in [1.54, 1.807) is 16.2 Å². The Hall–Kier alpha value is -2.09. The molecule has 122 valence electrons. The fourth-order valence-corrected chi connectivity index (χ4v) is 3.47. The summed E-state index contributed by atoms with van der Waals surface area (Å²) >= 11 is 5.26. The summed E-state index contributed by atoms with van der Waals surface area (Å²) in [6.45, 7) is 0.193. The smallest absolute Gasteiger partial charge is 0.309 e. The average Bonchev–Trinajstić information content (AvgIpc) is 2.99. The lowest BCUT2D eigenvalue weighted by atomic mass is 9.95. The van der Waals surface area contributed by atoms with Crippen LogP contribution in [0.15, 0.2) is 12.1 Å². The summed E-state index contributed by atoms with van der Waals surface area (Å²) in [6, 6.07) is 1.64. The number of carboxylic acid groups (broad SMARTS) is 1. The quantitative estimate of drug-likeness (QED) is 0.689. The Kier molecular flexibility index (Phi) is 3.79. The van der Waals surface area contributed by atoms with Crippen molar-refractivity contribution in [2.24, 2.45) is 7.05 Å². The molecule has 1 aliphatic heterocycles. The van der Waals surface area contributed by atoms with Crippen molar-refractivity contribution in [3.05, 3.63) is 51.3 Å². The third-order valence-corrected chi connectivity index (χ3v) is 4.72. The van der Waals surface area contributed by atoms with Crippen molar-refractivity contribution in [3.63, 3.8) is 0 Å². The highest BCUT2D eigenvalue weighted by molar-refractivity contribution is 7.71. The van der Waals surface area contributed by atoms with Crippen LogP contribution >= 0.6 is 12.2 Å². The van der Waals surface area contributed by atoms with E-state index in [1.807, 2.05) is 0 Å². The van der Waals surface area contributed by atoms with E-state index < -0.39 is 29.3 Å². The summed E-state index contributed by atoms with van der Waals surface area (Å²) in [5.74, 6) is -4.75. The van der Waals surface area contributed by atoms with Crippen LogP contribution in [0.2, 0.25) is 0 Å². The van der Waals surface area contributed by atoms with Crippen molar-refractivity contribution in [2.75, 3.05) is 0 Å². The van der Waals surface area contributed by atoms with Crippen LogP contribution in [-0.2, 0) is 31.2 Å². The summed E-state index contributed by atoms with van der Waals surface area (Å²) in [6.07, 6.45) is -0.0201. The van der Waals surface area contributed by atoms with Gasteiger partial charge in [0.1, 0.15) is 5.82 Å². The molecule has 1 aromatic heterocycles. The van der Waals surface area contributed by atoms with Crippen LogP contribution in [0.25, 0.3) is 0 Å². The molecule has 1 N–H and O–H groups in total. The second-order valence-corrected chi connectivity index (χ2v) is 5.94. The second kappa shape index (κ2) is 5.52. The molecule has 0 fully saturated rings. The lowest BCUT2D eigenvalue weighted by Crippen LogP contribution is -2.11. The van der Waals surface area contributed by atoms with Crippen LogP contribution in [0, 0.1) is 22.2 Å². The molecule has 0 saturated heterocycles. The minimum absolute atomic E-state index is 0.193. The van der Waals surface area contributed by atoms with E-state index in [0.29, 0.717) is 16.2 Å². The zero-order valence-electron chi connectivity index (χ0n) is 12.1. The van der Waals surface area contributed by atoms with Gasteiger partial charge in [0.25, 0.3) is 0 Å². The van der Waals surface area contributed by atoms with Gasteiger partial charge in [-0.1, -0.05) is 0 Å². The average molecular weight is 342 g/mol. The first-order valence-electron chi connectivity index (χ1n) is 6.93. The van der Waals surface area contributed by atoms with Gasteiger partial charge < -0.3 is 14.2 Å². The molecule has 1 aliphatic rings. The van der Waals surface area contributed by atoms with Gasteiger partial charge in [0.2, 0.25) is 0 Å². The van der Waals surface area contributed by atoms with Crippen LogP contribution < -0.4 is 0 Å². The van der Waals surface area contributed by atoms with Gasteiger partial charge >= 0.3 is 5.97 Å². The predicted octanol–water partition coefficient (Wildman–Crippen LogP) is 2.94. The molecule has 3 rings (SSSR count). The fraction of sp³-hybridized carbons (Fsp3) is 0.333. The Morgan fingerprint density at radius 2 is 2.00 bits per heavy atom. The van der Waals surface area contributed by atoms with Gasteiger partial charge in [-0.2, -0.15) is 0 Å². The number of aromatic nitrogens is 2. The van der Waals surface area contributed by atoms with E-state index in [2.05, 4.69) is 0 Å². The highest BCUT2D eigenvalue weighted by Gasteiger charge is 2.33. The first-order valence-corrected chi connectivity index (χ1v) is 7.34. The van der Waals surface area contributed by atoms with Crippen LogP contribution in [0.1, 0.15) is 22.9 Å². The number of halogens is 3. The Balaban J connectivity index is 2.05. The first kappa shape index (κ1) is 15.8. The molecule has 0 bridgehead atoms. The number of imidazole rings is 1. The summed E-state index contributed by atoms with van der Waals surface area (Å²) in [5.41, 5.74) is 0.821. The zero-order valence-corrected chi connectivity index (χ0v) is 13.0. The predicted molar refractivity (Wildman–Crippen MR) is 78.3 cm³/mol. The number of carbonyl (C=O) groups is 1. The molecule has 4 nitrogen and oxygen atoms in total. The molecular weight excluding hydrogens is 329 g/mol. The molecule has 2 aromatic rings. The van der Waals surface area contributed by atoms with Gasteiger partial charge in [-0.25, -0.2) is 13.2 Å². The number of fused-ring (bicyclic) bond motifs is 1. The monoisotopic (exact) mass is 342 g/mol. The number of hydrogen-bond acceptors (Lipinski definition) is 2. The molecule has 0 saturated carbocycles. The second-order valence-electron chi connectivity index (χ2n) is 5.57. The summed E-state index contributed by atoms with van der Waals surface area (Å²) in [5, 5.41) is 9.01. The molecular formula is C15H13F3N2O2S. The van der Waals surface area contributed by atoms with E-state index in [9.17, 15) is 18.0 Å². The van der Waals surface area contributed by atoms with Crippen molar-refractivity contribution in [1.82, 2.24) is 9.13 Å². The molecule has 0 aliphatic carbocycles. The molecule has 8 heteroatoms. The molecule has 0 amide bonds. The van der Waals surface area contributed by atoms with Crippen molar-refractivity contribution < 1.29 is 23.1 Å². The lowest BCUT2D eigenvalue weighted by molar-refractivity contribution is -0.136. The van der Waals surface area contributed by atoms with Gasteiger partial charge in [0.15, 0.2) is 16.4 Å². The summed E-state index contributed by atoms with van der Waals surface area (Å²) in [4.78, 5) is 11.0. The number of rotatable bonds is 3. The minimum atomic E-state index is -1.20. The molecule has 1 unspecified atom stereocenters. The molecule has 0 radical (unpaired) electrons. The number of benzene rings is 1. The van der Waals surface area contributed by atoms with Gasteiger partial charge in [-0.3, -0.25) is 4.79 Å². The first-order chi connectivity index (χ1) is 10.8. The van der Waals surface area contributed by atoms with Crippen molar-refractivity contribution in [2.45, 2.75) is 25.3 Å². The Bertz CT molecular complexity index is 873. The molecule has 2 heterocycles. The van der Waals surface area contributed by atoms with Crippen molar-refractivity contribution in [3.8, 4) is 0 Å². The molecule has 0 spiro atoms. The third kappa shape index (κ3) is 2.46. The highest BCUT2D eigenvalue weighted by Crippen LogP contribution is 2.35. The van der Waals surface area contributed by atoms with Crippen LogP contribution in [0.5, 0.6) is 0 Å². The van der Waals surface area contributed by atoms with Gasteiger partial charge in [-0.05, 0) is 30.8 Å². The van der Waals surface area contributed by atoms with E-state index in [-0.39, 0.29) is 24.9 Å². The van der Waals surface area contributed by atoms with E-state index >= 15 is 0 Å². The van der Waals surface area contributed by atoms with E-state index in [4.69, 9.17) is 17.3 Å². The Morgan fingerprint density at radius 3 is 2.65 bits per heavy atom. The largest absolute Gasteiger partial charge is 0.481 e. The minimum Gasteiger partial charge on any atom is -0.481 e. The third-order valence-electron chi connectivity index (χ3n) is 4.23. The SMILES string of the molecule is Cn1c(CC(=O)O)c2n(c1=S)CC(c1c(F)ccc(F)c1F)C2. The Morgan fingerprint density at radius 1 is 1.35 bits per heavy atom. The molecule has 1 atom stereocenters. The van der Waals surface area contributed by atoms with Crippen LogP contribution in [-0.4, -0.2) is 20.2 Å². The van der Waals surface area contributed by atoms with Crippen LogP contribution in [0.3, 0.4) is 0 Å². The fourth-order valence-electron chi connectivity index (χ4n) is 3.17. The standard InChI is InChI=1S/C15H13F3N2O2S/c1-19-10(5-12(21)22)11-4-7(6-20(11)15(19)23)13-8(16)2-3-9(17)14(13)18/h2-3,7H,4-6H2,1H3,(H,21,22). The number of carboxylic acids is 1. The topological polar surface area (TPSA) is 47.2 Å². The molecule has 23 heavy (non-hydrogen) atoms. The number of nitrogens with zero attached hydrogens (tertiary/aromatic N) is 2. The van der Waals surface area contributed by atoms with Crippen molar-refractivity contribution >= 4 is 18.2 Å². The maximum absolute atomic E-state index is 14.0. The molecule has 1 aromatic carbocycles. The van der Waals surface area contributed by atoms with Crippen molar-refractivity contribution in [1.29, 1.82) is 0 Å². The normalized spacial score (nSPS) is 16.6. The number of aliphatic carboxylic acids is 1. The number of hydrogen-bond donors (Lipinski definition) is 1. The lowest BCUT2D eigenvalue weighted by Gasteiger charge is -2.13. The van der Waals surface area contributed by atoms with Crippen LogP contribution in [0.4, 0.5) is 13.2 Å². The van der Waals surface area contributed by atoms with E-state index in [0.717, 1.165) is 12.1 Å². The summed E-state index contributed by atoms with van der Waals surface area (Å²) < 4.78 is 45.0. The maximum Gasteiger partial charge on any atom is 0.309 e. The Labute approximate surface area is 134 Å². The van der Waals surface area contributed by atoms with Gasteiger partial charge in [-0.15, -0.1) is 0 Å². The maximum atomic E-state index is 14.0.